The topological polar surface area (TPSA) is 280 Å². The van der Waals surface area contributed by atoms with Crippen molar-refractivity contribution in [2.45, 2.75) is 100 Å². The normalized spacial score (nSPS) is 14.4. The van der Waals surface area contributed by atoms with Crippen LogP contribution in [0.15, 0.2) is 124 Å². The Morgan fingerprint density at radius 2 is 0.409 bits per heavy atom. The lowest BCUT2D eigenvalue weighted by Gasteiger charge is -2.46. The summed E-state index contributed by atoms with van der Waals surface area (Å²) in [5, 5.41) is 39.6. The monoisotopic (exact) mass is 915 g/mol. The lowest BCUT2D eigenvalue weighted by molar-refractivity contribution is -0.194. The van der Waals surface area contributed by atoms with Crippen LogP contribution in [0.4, 0.5) is 0 Å². The van der Waals surface area contributed by atoms with Crippen molar-refractivity contribution in [3.05, 3.63) is 141 Å². The molecule has 1 heterocycles. The highest BCUT2D eigenvalue weighted by atomic mass is 16.4. The van der Waals surface area contributed by atoms with Gasteiger partial charge >= 0.3 is 17.1 Å². The lowest BCUT2D eigenvalue weighted by atomic mass is 9.65. The highest BCUT2D eigenvalue weighted by Gasteiger charge is 2.70. The molecule has 0 saturated carbocycles. The summed E-state index contributed by atoms with van der Waals surface area (Å²) in [6, 6.07) is 0. The average Bonchev–Trinajstić information content (AvgIpc) is 3.21. The second-order valence-electron chi connectivity index (χ2n) is 17.2. The molecule has 0 spiro atoms. The summed E-state index contributed by atoms with van der Waals surface area (Å²) < 4.78 is -2.48. The Morgan fingerprint density at radius 1 is 0.303 bits per heavy atom. The van der Waals surface area contributed by atoms with E-state index in [2.05, 4.69) is 59.2 Å². The van der Waals surface area contributed by atoms with Crippen LogP contribution in [0.2, 0.25) is 0 Å². The largest absolute Gasteiger partial charge is 0.363 e. The van der Waals surface area contributed by atoms with Crippen LogP contribution in [0.3, 0.4) is 0 Å². The van der Waals surface area contributed by atoms with Gasteiger partial charge < -0.3 is 15.3 Å². The summed E-state index contributed by atoms with van der Waals surface area (Å²) in [6.07, 6.45) is 0. The minimum absolute atomic E-state index is 0.517. The van der Waals surface area contributed by atoms with Gasteiger partial charge in [-0.3, -0.25) is 43.2 Å². The first-order chi connectivity index (χ1) is 29.5. The van der Waals surface area contributed by atoms with Gasteiger partial charge in [-0.05, 0) is 133 Å². The smallest absolute Gasteiger partial charge is 0.342 e. The van der Waals surface area contributed by atoms with Crippen LogP contribution >= 0.6 is 0 Å². The number of hydrogen-bond acceptors (Lipinski definition) is 15. The number of rotatable bonds is 24. The summed E-state index contributed by atoms with van der Waals surface area (Å²) in [4.78, 5) is 178. The molecule has 0 bridgehead atoms. The van der Waals surface area contributed by atoms with Crippen molar-refractivity contribution in [2.75, 3.05) is 0 Å². The molecule has 1 aromatic rings. The standard InChI is InChI=1S/C48H57N3O15/c1-22(2)31(52)43(19,32(53)23(3)4)46(64,37(58)28(13)14)49-40(61)50(47(65,38(59)29(15)16)44(20,33(54)24(5)6)34(55)25(7)8)42(63)51(41(49)62)48(66,39(60)30(17)18)45(21,35(56)26(9)10)36(57)27(11)12/h64-66H,1,3,5,7,9,11,13,15,17H2,2,4,6,8,10,12,14,16,18-21H3. The average molecular weight is 916 g/mol. The molecule has 3 atom stereocenters. The van der Waals surface area contributed by atoms with Crippen LogP contribution < -0.4 is 17.1 Å². The number of aromatic nitrogens is 3. The van der Waals surface area contributed by atoms with Gasteiger partial charge in [-0.1, -0.05) is 59.2 Å². The molecule has 1 aromatic heterocycles. The Morgan fingerprint density at radius 3 is 0.500 bits per heavy atom. The van der Waals surface area contributed by atoms with Crippen molar-refractivity contribution in [1.82, 2.24) is 13.7 Å². The van der Waals surface area contributed by atoms with Gasteiger partial charge in [0.1, 0.15) is 16.2 Å². The van der Waals surface area contributed by atoms with Gasteiger partial charge in [-0.25, -0.2) is 28.1 Å². The van der Waals surface area contributed by atoms with E-state index in [1.807, 2.05) is 0 Å². The maximum absolute atomic E-state index is 15.7. The van der Waals surface area contributed by atoms with E-state index in [9.17, 15) is 58.5 Å². The van der Waals surface area contributed by atoms with Gasteiger partial charge in [0.2, 0.25) is 34.5 Å². The third kappa shape index (κ3) is 7.73. The van der Waals surface area contributed by atoms with Crippen LogP contribution in [-0.2, 0) is 60.3 Å². The quantitative estimate of drug-likeness (QED) is 0.0992. The Bertz CT molecular complexity index is 2410. The van der Waals surface area contributed by atoms with Crippen molar-refractivity contribution >= 4 is 52.0 Å². The second-order valence-corrected chi connectivity index (χ2v) is 17.2. The third-order valence-electron chi connectivity index (χ3n) is 11.4. The van der Waals surface area contributed by atoms with Crippen molar-refractivity contribution in [1.29, 1.82) is 0 Å². The van der Waals surface area contributed by atoms with Gasteiger partial charge in [0.05, 0.1) is 0 Å². The van der Waals surface area contributed by atoms with E-state index in [1.54, 1.807) is 0 Å². The third-order valence-corrected chi connectivity index (χ3v) is 11.4. The van der Waals surface area contributed by atoms with Crippen LogP contribution in [0.25, 0.3) is 0 Å². The number of ketones is 9. The number of hydrogen-bond donors (Lipinski definition) is 3. The van der Waals surface area contributed by atoms with Gasteiger partial charge in [0, 0.05) is 0 Å². The maximum Gasteiger partial charge on any atom is 0.342 e. The zero-order valence-corrected chi connectivity index (χ0v) is 39.4. The minimum atomic E-state index is -4.49. The summed E-state index contributed by atoms with van der Waals surface area (Å²) in [5.74, 6) is -15.8. The predicted molar refractivity (Wildman–Crippen MR) is 243 cm³/mol. The molecule has 18 heteroatoms. The number of Topliss-reactive ketones (excluding diaryl/α,β-unsaturated/α-hetero) is 9. The summed E-state index contributed by atoms with van der Waals surface area (Å²) in [7, 11) is 0. The van der Waals surface area contributed by atoms with Crippen molar-refractivity contribution < 1.29 is 58.5 Å². The molecule has 3 unspecified atom stereocenters. The fourth-order valence-corrected chi connectivity index (χ4v) is 7.75. The van der Waals surface area contributed by atoms with Crippen LogP contribution in [0.1, 0.15) is 83.1 Å². The summed E-state index contributed by atoms with van der Waals surface area (Å²) >= 11 is 0. The molecule has 1 rings (SSSR count). The fraction of sp³-hybridized carbons (Fsp3) is 0.375. The minimum Gasteiger partial charge on any atom is -0.363 e. The molecule has 0 aliphatic carbocycles. The first kappa shape index (κ1) is 57.0. The van der Waals surface area contributed by atoms with Gasteiger partial charge in [0.15, 0.2) is 34.7 Å². The van der Waals surface area contributed by atoms with Gasteiger partial charge in [-0.15, -0.1) is 0 Å². The number of aliphatic hydroxyl groups is 3. The van der Waals surface area contributed by atoms with E-state index in [4.69, 9.17) is 0 Å². The zero-order chi connectivity index (χ0) is 52.9. The van der Waals surface area contributed by atoms with Crippen LogP contribution in [0, 0.1) is 16.2 Å². The number of nitrogens with zero attached hydrogens (tertiary/aromatic N) is 3. The molecule has 18 nitrogen and oxygen atoms in total. The van der Waals surface area contributed by atoms with E-state index in [0.717, 1.165) is 62.3 Å². The molecule has 66 heavy (non-hydrogen) atoms. The molecular weight excluding hydrogens is 859 g/mol. The van der Waals surface area contributed by atoms with E-state index >= 15 is 14.4 Å². The molecular formula is C48H57N3O15. The molecule has 3 N–H and O–H groups in total. The Hall–Kier alpha value is -7.02. The Kier molecular flexibility index (Phi) is 15.9. The van der Waals surface area contributed by atoms with Crippen molar-refractivity contribution in [3.8, 4) is 0 Å². The van der Waals surface area contributed by atoms with Crippen molar-refractivity contribution in [3.63, 3.8) is 0 Å². The molecule has 0 aromatic carbocycles. The zero-order valence-electron chi connectivity index (χ0n) is 39.4. The number of allylic oxidation sites excluding steroid dienone is 6. The van der Waals surface area contributed by atoms with E-state index < -0.39 is 166 Å². The Balaban J connectivity index is 6.22. The lowest BCUT2D eigenvalue weighted by Crippen LogP contribution is -2.78. The maximum atomic E-state index is 15.7. The highest BCUT2D eigenvalue weighted by Crippen LogP contribution is 2.46. The first-order valence-corrected chi connectivity index (χ1v) is 19.6. The van der Waals surface area contributed by atoms with E-state index in [-0.39, 0.29) is 0 Å². The fourth-order valence-electron chi connectivity index (χ4n) is 7.75. The molecule has 0 fully saturated rings. The van der Waals surface area contributed by atoms with Crippen LogP contribution in [0.5, 0.6) is 0 Å². The van der Waals surface area contributed by atoms with E-state index in [1.165, 1.54) is 0 Å². The van der Waals surface area contributed by atoms with E-state index in [0.29, 0.717) is 20.8 Å². The second kappa shape index (κ2) is 18.5. The number of carbonyl (C=O) groups excluding carboxylic acids is 9. The van der Waals surface area contributed by atoms with Gasteiger partial charge in [-0.2, -0.15) is 0 Å². The molecule has 0 aliphatic heterocycles. The molecule has 0 amide bonds. The Labute approximate surface area is 380 Å². The van der Waals surface area contributed by atoms with Crippen molar-refractivity contribution in [2.24, 2.45) is 16.2 Å². The predicted octanol–water partition coefficient (Wildman–Crippen LogP) is 2.43. The SMILES string of the molecule is C=C(C)C(=O)C(C)(C(=O)C(=C)C)C(O)(C(=O)C(=C)C)n1c(=O)n(C(O)(C(=O)C(=C)C)C(C)(C(=O)C(=C)C)C(=O)C(=C)C)c(=O)n(C(O)(C(=O)C(=C)C)C(C)(C(=O)C(=C)C)C(=O)C(=C)C)c1=O. The molecule has 0 aliphatic rings. The van der Waals surface area contributed by atoms with Gasteiger partial charge in [0.25, 0.3) is 0 Å². The summed E-state index contributed by atoms with van der Waals surface area (Å²) in [5.41, 5.74) is -38.8. The molecule has 354 valence electrons. The number of carbonyl (C=O) groups is 9. The molecule has 0 radical (unpaired) electrons. The highest BCUT2D eigenvalue weighted by molar-refractivity contribution is 6.25. The van der Waals surface area contributed by atoms with Crippen LogP contribution in [-0.4, -0.2) is 81.1 Å². The summed E-state index contributed by atoms with van der Waals surface area (Å²) in [6.45, 7) is 40.9. The first-order valence-electron chi connectivity index (χ1n) is 19.6. The molecule has 0 saturated heterocycles.